The standard InChI is InChI=1S/C15H19N3O2/c16-8-9-18(14-4-2-1-3-5-14)15(20)12-17(10-11-19)13-6-7-13/h1-5,13,19H,6-7,9-12H2. The Morgan fingerprint density at radius 1 is 1.35 bits per heavy atom. The number of aliphatic hydroxyl groups excluding tert-OH is 1. The number of benzene rings is 1. The Kier molecular flexibility index (Phi) is 5.10. The van der Waals surface area contributed by atoms with Gasteiger partial charge in [-0.25, -0.2) is 0 Å². The molecule has 0 aliphatic heterocycles. The minimum atomic E-state index is -0.0990. The Bertz CT molecular complexity index is 480. The van der Waals surface area contributed by atoms with Crippen LogP contribution in [0.25, 0.3) is 0 Å². The number of carbonyl (C=O) groups is 1. The van der Waals surface area contributed by atoms with Crippen LogP contribution in [0.5, 0.6) is 0 Å². The van der Waals surface area contributed by atoms with Gasteiger partial charge in [0.1, 0.15) is 6.54 Å². The lowest BCUT2D eigenvalue weighted by atomic mass is 10.2. The Labute approximate surface area is 119 Å². The maximum absolute atomic E-state index is 12.4. The van der Waals surface area contributed by atoms with Crippen LogP contribution in [0.3, 0.4) is 0 Å². The molecule has 5 heteroatoms. The first-order valence-electron chi connectivity index (χ1n) is 6.83. The van der Waals surface area contributed by atoms with E-state index in [4.69, 9.17) is 10.4 Å². The van der Waals surface area contributed by atoms with Gasteiger partial charge in [0.05, 0.1) is 19.2 Å². The quantitative estimate of drug-likeness (QED) is 0.753. The minimum absolute atomic E-state index is 0.0421. The van der Waals surface area contributed by atoms with Gasteiger partial charge in [0.15, 0.2) is 0 Å². The third-order valence-corrected chi connectivity index (χ3v) is 3.39. The van der Waals surface area contributed by atoms with Gasteiger partial charge < -0.3 is 5.11 Å². The lowest BCUT2D eigenvalue weighted by Crippen LogP contribution is -2.42. The van der Waals surface area contributed by atoms with Crippen LogP contribution < -0.4 is 4.90 Å². The maximum atomic E-state index is 12.4. The van der Waals surface area contributed by atoms with Crippen molar-refractivity contribution in [2.24, 2.45) is 0 Å². The first-order valence-corrected chi connectivity index (χ1v) is 6.83. The Morgan fingerprint density at radius 2 is 2.05 bits per heavy atom. The molecule has 0 radical (unpaired) electrons. The number of carbonyl (C=O) groups excluding carboxylic acids is 1. The van der Waals surface area contributed by atoms with Crippen molar-refractivity contribution in [3.05, 3.63) is 30.3 Å². The second-order valence-corrected chi connectivity index (χ2v) is 4.90. The second kappa shape index (κ2) is 7.04. The van der Waals surface area contributed by atoms with E-state index in [1.807, 2.05) is 41.3 Å². The van der Waals surface area contributed by atoms with Crippen LogP contribution in [0.1, 0.15) is 12.8 Å². The fourth-order valence-corrected chi connectivity index (χ4v) is 2.22. The fourth-order valence-electron chi connectivity index (χ4n) is 2.22. The van der Waals surface area contributed by atoms with Crippen LogP contribution in [0.2, 0.25) is 0 Å². The van der Waals surface area contributed by atoms with Crippen molar-refractivity contribution in [2.75, 3.05) is 31.1 Å². The zero-order valence-corrected chi connectivity index (χ0v) is 11.4. The van der Waals surface area contributed by atoms with Gasteiger partial charge in [0.2, 0.25) is 5.91 Å². The molecule has 1 aliphatic rings. The lowest BCUT2D eigenvalue weighted by Gasteiger charge is -2.25. The van der Waals surface area contributed by atoms with Crippen LogP contribution in [0.4, 0.5) is 5.69 Å². The van der Waals surface area contributed by atoms with Crippen molar-refractivity contribution < 1.29 is 9.90 Å². The number of nitrogens with zero attached hydrogens (tertiary/aromatic N) is 3. The van der Waals surface area contributed by atoms with E-state index in [1.165, 1.54) is 4.90 Å². The molecule has 0 aromatic heterocycles. The van der Waals surface area contributed by atoms with E-state index in [0.717, 1.165) is 18.5 Å². The number of hydrogen-bond acceptors (Lipinski definition) is 4. The van der Waals surface area contributed by atoms with E-state index in [0.29, 0.717) is 12.6 Å². The Morgan fingerprint density at radius 3 is 2.60 bits per heavy atom. The molecule has 1 aromatic rings. The SMILES string of the molecule is N#CCN(C(=O)CN(CCO)C1CC1)c1ccccc1. The molecule has 1 N–H and O–H groups in total. The average molecular weight is 273 g/mol. The van der Waals surface area contributed by atoms with Crippen LogP contribution in [0.15, 0.2) is 30.3 Å². The first-order chi connectivity index (χ1) is 9.76. The summed E-state index contributed by atoms with van der Waals surface area (Å²) in [6.07, 6.45) is 2.16. The summed E-state index contributed by atoms with van der Waals surface area (Å²) in [6, 6.07) is 11.7. The van der Waals surface area contributed by atoms with Crippen molar-refractivity contribution in [1.82, 2.24) is 4.90 Å². The molecule has 0 saturated heterocycles. The van der Waals surface area contributed by atoms with Gasteiger partial charge >= 0.3 is 0 Å². The number of amides is 1. The highest BCUT2D eigenvalue weighted by molar-refractivity contribution is 5.95. The van der Waals surface area contributed by atoms with E-state index in [9.17, 15) is 4.79 Å². The number of hydrogen-bond donors (Lipinski definition) is 1. The van der Waals surface area contributed by atoms with Crippen LogP contribution in [0, 0.1) is 11.3 Å². The molecule has 20 heavy (non-hydrogen) atoms. The third-order valence-electron chi connectivity index (χ3n) is 3.39. The van der Waals surface area contributed by atoms with Gasteiger partial charge in [-0.2, -0.15) is 5.26 Å². The lowest BCUT2D eigenvalue weighted by molar-refractivity contribution is -0.119. The third kappa shape index (κ3) is 3.80. The summed E-state index contributed by atoms with van der Waals surface area (Å²) in [6.45, 7) is 0.848. The van der Waals surface area contributed by atoms with E-state index < -0.39 is 0 Å². The number of nitriles is 1. The summed E-state index contributed by atoms with van der Waals surface area (Å²) in [5.41, 5.74) is 0.735. The number of rotatable bonds is 7. The van der Waals surface area contributed by atoms with E-state index in [2.05, 4.69) is 0 Å². The summed E-state index contributed by atoms with van der Waals surface area (Å²) in [5.74, 6) is -0.0990. The molecule has 1 saturated carbocycles. The average Bonchev–Trinajstić information content (AvgIpc) is 3.29. The Hall–Kier alpha value is -1.90. The molecule has 0 bridgehead atoms. The van der Waals surface area contributed by atoms with Gasteiger partial charge in [0, 0.05) is 18.3 Å². The molecule has 1 aromatic carbocycles. The van der Waals surface area contributed by atoms with Gasteiger partial charge in [-0.1, -0.05) is 18.2 Å². The van der Waals surface area contributed by atoms with E-state index in [-0.39, 0.29) is 25.6 Å². The van der Waals surface area contributed by atoms with Crippen LogP contribution in [-0.4, -0.2) is 48.2 Å². The zero-order valence-electron chi connectivity index (χ0n) is 11.4. The predicted octanol–water partition coefficient (Wildman–Crippen LogP) is 1.000. The highest BCUT2D eigenvalue weighted by atomic mass is 16.3. The number of anilines is 1. The van der Waals surface area contributed by atoms with Crippen LogP contribution >= 0.6 is 0 Å². The van der Waals surface area contributed by atoms with Crippen molar-refractivity contribution in [1.29, 1.82) is 5.26 Å². The molecular formula is C15H19N3O2. The molecule has 2 rings (SSSR count). The summed E-state index contributed by atoms with van der Waals surface area (Å²) in [4.78, 5) is 15.9. The second-order valence-electron chi connectivity index (χ2n) is 4.90. The fraction of sp³-hybridized carbons (Fsp3) is 0.467. The molecule has 5 nitrogen and oxygen atoms in total. The summed E-state index contributed by atoms with van der Waals surface area (Å²) in [5, 5.41) is 18.0. The van der Waals surface area contributed by atoms with E-state index >= 15 is 0 Å². The normalized spacial score (nSPS) is 14.1. The monoisotopic (exact) mass is 273 g/mol. The van der Waals surface area contributed by atoms with Gasteiger partial charge in [-0.15, -0.1) is 0 Å². The molecule has 0 atom stereocenters. The zero-order chi connectivity index (χ0) is 14.4. The van der Waals surface area contributed by atoms with Gasteiger partial charge in [-0.3, -0.25) is 14.6 Å². The van der Waals surface area contributed by atoms with Crippen LogP contribution in [-0.2, 0) is 4.79 Å². The molecule has 106 valence electrons. The highest BCUT2D eigenvalue weighted by Crippen LogP contribution is 2.26. The molecule has 0 spiro atoms. The summed E-state index contributed by atoms with van der Waals surface area (Å²) < 4.78 is 0. The van der Waals surface area contributed by atoms with Crippen molar-refractivity contribution in [2.45, 2.75) is 18.9 Å². The molecular weight excluding hydrogens is 254 g/mol. The van der Waals surface area contributed by atoms with Crippen molar-refractivity contribution in [3.63, 3.8) is 0 Å². The van der Waals surface area contributed by atoms with Crippen molar-refractivity contribution in [3.8, 4) is 6.07 Å². The summed E-state index contributed by atoms with van der Waals surface area (Å²) in [7, 11) is 0. The molecule has 0 heterocycles. The Balaban J connectivity index is 2.05. The largest absolute Gasteiger partial charge is 0.395 e. The molecule has 1 amide bonds. The predicted molar refractivity (Wildman–Crippen MR) is 76.1 cm³/mol. The van der Waals surface area contributed by atoms with E-state index in [1.54, 1.807) is 0 Å². The minimum Gasteiger partial charge on any atom is -0.395 e. The summed E-state index contributed by atoms with van der Waals surface area (Å²) >= 11 is 0. The number of para-hydroxylation sites is 1. The molecule has 1 aliphatic carbocycles. The topological polar surface area (TPSA) is 67.6 Å². The first kappa shape index (κ1) is 14.5. The van der Waals surface area contributed by atoms with Crippen molar-refractivity contribution >= 4 is 11.6 Å². The molecule has 0 unspecified atom stereocenters. The maximum Gasteiger partial charge on any atom is 0.242 e. The van der Waals surface area contributed by atoms with Gasteiger partial charge in [0.25, 0.3) is 0 Å². The molecule has 1 fully saturated rings. The number of aliphatic hydroxyl groups is 1. The smallest absolute Gasteiger partial charge is 0.242 e. The van der Waals surface area contributed by atoms with Gasteiger partial charge in [-0.05, 0) is 25.0 Å². The highest BCUT2D eigenvalue weighted by Gasteiger charge is 2.31.